The van der Waals surface area contributed by atoms with Crippen LogP contribution in [0, 0.1) is 0 Å². The first-order valence-corrected chi connectivity index (χ1v) is 7.11. The van der Waals surface area contributed by atoms with Crippen molar-refractivity contribution in [3.05, 3.63) is 47.1 Å². The third-order valence-corrected chi connectivity index (χ3v) is 3.80. The first-order chi connectivity index (χ1) is 10.3. The fourth-order valence-corrected chi connectivity index (χ4v) is 2.77. The van der Waals surface area contributed by atoms with Crippen LogP contribution in [0.1, 0.15) is 32.3 Å². The molecule has 0 saturated heterocycles. The minimum absolute atomic E-state index is 0.0445. The van der Waals surface area contributed by atoms with Crippen molar-refractivity contribution >= 4 is 11.6 Å². The van der Waals surface area contributed by atoms with Crippen LogP contribution in [0.5, 0.6) is 5.75 Å². The quantitative estimate of drug-likeness (QED) is 0.774. The maximum absolute atomic E-state index is 11.8. The number of nitrogens with one attached hydrogen (secondary N) is 1. The van der Waals surface area contributed by atoms with Gasteiger partial charge in [0.1, 0.15) is 17.1 Å². The Morgan fingerprint density at radius 2 is 2.09 bits per heavy atom. The van der Waals surface area contributed by atoms with E-state index in [-0.39, 0.29) is 11.5 Å². The van der Waals surface area contributed by atoms with Crippen LogP contribution in [-0.2, 0) is 9.53 Å². The molecule has 0 fully saturated rings. The van der Waals surface area contributed by atoms with Crippen LogP contribution in [0.4, 0.5) is 5.69 Å². The number of anilines is 1. The Kier molecular flexibility index (Phi) is 3.05. The van der Waals surface area contributed by atoms with E-state index in [9.17, 15) is 4.79 Å². The van der Waals surface area contributed by atoms with Gasteiger partial charge in [-0.15, -0.1) is 0 Å². The second-order valence-corrected chi connectivity index (χ2v) is 5.83. The lowest BCUT2D eigenvalue weighted by Gasteiger charge is -2.31. The lowest BCUT2D eigenvalue weighted by Crippen LogP contribution is -2.48. The fraction of sp³-hybridized carbons (Fsp3) is 0.312. The maximum atomic E-state index is 11.8. The van der Waals surface area contributed by atoms with Gasteiger partial charge in [-0.2, -0.15) is 0 Å². The standard InChI is InChI=1S/C16H19N3O3/c1-8(2)10-4-5-12-11(6-10)19-16(22-12)7-9(3)21-15(18)13(16)14(17)20/h4-8,19H,18H2,1-3H3,(H2,17,20)/t16-/m1/s1. The summed E-state index contributed by atoms with van der Waals surface area (Å²) in [5.74, 6) is 0.822. The number of fused-ring (bicyclic) bond motifs is 1. The Morgan fingerprint density at radius 1 is 1.36 bits per heavy atom. The minimum atomic E-state index is -1.21. The van der Waals surface area contributed by atoms with Crippen LogP contribution < -0.4 is 21.5 Å². The number of hydrogen-bond acceptors (Lipinski definition) is 5. The third-order valence-electron chi connectivity index (χ3n) is 3.80. The molecular formula is C16H19N3O3. The van der Waals surface area contributed by atoms with E-state index in [1.165, 1.54) is 0 Å². The lowest BCUT2D eigenvalue weighted by atomic mass is 9.99. The number of amides is 1. The first kappa shape index (κ1) is 14.3. The van der Waals surface area contributed by atoms with Gasteiger partial charge in [-0.05, 0) is 30.5 Å². The van der Waals surface area contributed by atoms with Crippen LogP contribution in [0.2, 0.25) is 0 Å². The Labute approximate surface area is 128 Å². The van der Waals surface area contributed by atoms with Gasteiger partial charge in [0.2, 0.25) is 11.6 Å². The van der Waals surface area contributed by atoms with Gasteiger partial charge < -0.3 is 26.3 Å². The molecule has 0 aliphatic carbocycles. The topological polar surface area (TPSA) is 99.6 Å². The van der Waals surface area contributed by atoms with Crippen LogP contribution in [0.25, 0.3) is 0 Å². The number of hydrogen-bond donors (Lipinski definition) is 3. The zero-order valence-electron chi connectivity index (χ0n) is 12.8. The predicted molar refractivity (Wildman–Crippen MR) is 82.8 cm³/mol. The number of carbonyl (C=O) groups is 1. The van der Waals surface area contributed by atoms with Crippen molar-refractivity contribution in [1.82, 2.24) is 0 Å². The molecule has 1 aromatic carbocycles. The molecule has 116 valence electrons. The molecule has 0 unspecified atom stereocenters. The van der Waals surface area contributed by atoms with E-state index >= 15 is 0 Å². The van der Waals surface area contributed by atoms with E-state index in [2.05, 4.69) is 19.2 Å². The second kappa shape index (κ2) is 4.69. The van der Waals surface area contributed by atoms with Crippen molar-refractivity contribution in [3.8, 4) is 5.75 Å². The number of primary amides is 1. The predicted octanol–water partition coefficient (Wildman–Crippen LogP) is 1.90. The molecule has 1 aromatic rings. The van der Waals surface area contributed by atoms with Crippen LogP contribution in [-0.4, -0.2) is 11.6 Å². The molecule has 3 rings (SSSR count). The van der Waals surface area contributed by atoms with Crippen molar-refractivity contribution in [3.63, 3.8) is 0 Å². The van der Waals surface area contributed by atoms with Crippen LogP contribution in [0.15, 0.2) is 41.5 Å². The fourth-order valence-electron chi connectivity index (χ4n) is 2.77. The highest BCUT2D eigenvalue weighted by atomic mass is 16.5. The molecule has 2 aliphatic heterocycles. The summed E-state index contributed by atoms with van der Waals surface area (Å²) in [6.45, 7) is 5.96. The van der Waals surface area contributed by atoms with Gasteiger partial charge in [0.15, 0.2) is 0 Å². The summed E-state index contributed by atoms with van der Waals surface area (Å²) in [7, 11) is 0. The van der Waals surface area contributed by atoms with Gasteiger partial charge in [0, 0.05) is 6.08 Å². The van der Waals surface area contributed by atoms with Gasteiger partial charge in [-0.25, -0.2) is 0 Å². The smallest absolute Gasteiger partial charge is 0.256 e. The molecule has 2 heterocycles. The summed E-state index contributed by atoms with van der Waals surface area (Å²) < 4.78 is 11.3. The zero-order valence-corrected chi connectivity index (χ0v) is 12.8. The highest BCUT2D eigenvalue weighted by Gasteiger charge is 2.48. The molecule has 5 N–H and O–H groups in total. The lowest BCUT2D eigenvalue weighted by molar-refractivity contribution is -0.116. The number of benzene rings is 1. The van der Waals surface area contributed by atoms with E-state index in [0.29, 0.717) is 17.4 Å². The molecule has 0 aromatic heterocycles. The molecule has 0 saturated carbocycles. The van der Waals surface area contributed by atoms with Crippen molar-refractivity contribution < 1.29 is 14.3 Å². The van der Waals surface area contributed by atoms with Crippen molar-refractivity contribution in [2.75, 3.05) is 5.32 Å². The first-order valence-electron chi connectivity index (χ1n) is 7.11. The normalized spacial score (nSPS) is 22.8. The number of nitrogens with two attached hydrogens (primary N) is 2. The SMILES string of the molecule is CC1=C[C@]2(Nc3cc(C(C)C)ccc3O2)C(C(N)=O)=C(N)O1. The number of carbonyl (C=O) groups excluding carboxylic acids is 1. The van der Waals surface area contributed by atoms with Gasteiger partial charge in [-0.3, -0.25) is 4.79 Å². The van der Waals surface area contributed by atoms with E-state index in [1.54, 1.807) is 13.0 Å². The van der Waals surface area contributed by atoms with Crippen molar-refractivity contribution in [2.24, 2.45) is 11.5 Å². The summed E-state index contributed by atoms with van der Waals surface area (Å²) in [4.78, 5) is 11.8. The Balaban J connectivity index is 2.08. The Bertz CT molecular complexity index is 721. The van der Waals surface area contributed by atoms with Gasteiger partial charge >= 0.3 is 0 Å². The molecule has 6 nitrogen and oxygen atoms in total. The van der Waals surface area contributed by atoms with Crippen LogP contribution >= 0.6 is 0 Å². The number of ether oxygens (including phenoxy) is 2. The monoisotopic (exact) mass is 301 g/mol. The molecule has 1 spiro atoms. The van der Waals surface area contributed by atoms with Crippen molar-refractivity contribution in [1.29, 1.82) is 0 Å². The average Bonchev–Trinajstić information content (AvgIpc) is 2.73. The van der Waals surface area contributed by atoms with E-state index in [0.717, 1.165) is 11.3 Å². The second-order valence-electron chi connectivity index (χ2n) is 5.83. The van der Waals surface area contributed by atoms with Gasteiger partial charge in [0.25, 0.3) is 5.91 Å². The molecule has 1 atom stereocenters. The highest BCUT2D eigenvalue weighted by Crippen LogP contribution is 2.44. The van der Waals surface area contributed by atoms with Gasteiger partial charge in [-0.1, -0.05) is 19.9 Å². The third kappa shape index (κ3) is 2.07. The number of rotatable bonds is 2. The highest BCUT2D eigenvalue weighted by molar-refractivity contribution is 5.97. The molecule has 0 bridgehead atoms. The van der Waals surface area contributed by atoms with Gasteiger partial charge in [0.05, 0.1) is 5.69 Å². The Hall–Kier alpha value is -2.63. The molecule has 22 heavy (non-hydrogen) atoms. The Morgan fingerprint density at radius 3 is 2.73 bits per heavy atom. The van der Waals surface area contributed by atoms with E-state index in [1.807, 2.05) is 18.2 Å². The van der Waals surface area contributed by atoms with E-state index in [4.69, 9.17) is 20.9 Å². The molecule has 1 amide bonds. The molecule has 2 aliphatic rings. The summed E-state index contributed by atoms with van der Waals surface area (Å²) in [5.41, 5.74) is 12.1. The molecule has 0 radical (unpaired) electrons. The maximum Gasteiger partial charge on any atom is 0.256 e. The molecular weight excluding hydrogens is 282 g/mol. The minimum Gasteiger partial charge on any atom is -0.457 e. The summed E-state index contributed by atoms with van der Waals surface area (Å²) >= 11 is 0. The van der Waals surface area contributed by atoms with Crippen molar-refractivity contribution in [2.45, 2.75) is 32.4 Å². The molecule has 6 heteroatoms. The summed E-state index contributed by atoms with van der Waals surface area (Å²) in [6.07, 6.45) is 1.67. The number of allylic oxidation sites excluding steroid dienone is 1. The summed E-state index contributed by atoms with van der Waals surface area (Å²) in [5, 5.41) is 3.22. The zero-order chi connectivity index (χ0) is 16.1. The van der Waals surface area contributed by atoms with E-state index < -0.39 is 11.6 Å². The summed E-state index contributed by atoms with van der Waals surface area (Å²) in [6, 6.07) is 5.87. The average molecular weight is 301 g/mol. The van der Waals surface area contributed by atoms with Crippen LogP contribution in [0.3, 0.4) is 0 Å². The largest absolute Gasteiger partial charge is 0.457 e.